The molecule has 1 heterocycles. The molecule has 20 heavy (non-hydrogen) atoms. The number of imide groups is 1. The Bertz CT molecular complexity index is 395. The molecule has 114 valence electrons. The minimum atomic E-state index is -1.83. The SMILES string of the molecule is COC(N1C=CCC(=O)NC1=O)C(C)(O)[C@H](O)CCO. The highest BCUT2D eigenvalue weighted by atomic mass is 16.5. The van der Waals surface area contributed by atoms with Gasteiger partial charge in [-0.25, -0.2) is 4.79 Å². The maximum atomic E-state index is 11.9. The van der Waals surface area contributed by atoms with E-state index in [0.717, 1.165) is 4.90 Å². The first-order valence-electron chi connectivity index (χ1n) is 6.17. The van der Waals surface area contributed by atoms with Crippen LogP contribution in [0.5, 0.6) is 0 Å². The zero-order valence-corrected chi connectivity index (χ0v) is 11.4. The van der Waals surface area contributed by atoms with Crippen LogP contribution >= 0.6 is 0 Å². The Morgan fingerprint density at radius 2 is 2.20 bits per heavy atom. The fraction of sp³-hybridized carbons (Fsp3) is 0.667. The van der Waals surface area contributed by atoms with Crippen molar-refractivity contribution in [2.45, 2.75) is 37.7 Å². The third-order valence-electron chi connectivity index (χ3n) is 3.10. The lowest BCUT2D eigenvalue weighted by molar-refractivity contribution is -0.182. The van der Waals surface area contributed by atoms with Crippen LogP contribution in [0.2, 0.25) is 0 Å². The molecular formula is C12H20N2O6. The lowest BCUT2D eigenvalue weighted by Crippen LogP contribution is -2.59. The van der Waals surface area contributed by atoms with Crippen LogP contribution in [0.1, 0.15) is 19.8 Å². The van der Waals surface area contributed by atoms with Crippen LogP contribution in [-0.4, -0.2) is 63.8 Å². The molecule has 0 radical (unpaired) electrons. The number of aliphatic hydroxyl groups excluding tert-OH is 2. The molecule has 0 saturated carbocycles. The molecule has 1 aliphatic rings. The summed E-state index contributed by atoms with van der Waals surface area (Å²) in [5.41, 5.74) is -1.83. The number of carbonyl (C=O) groups excluding carboxylic acids is 2. The maximum absolute atomic E-state index is 11.9. The number of ether oxygens (including phenoxy) is 1. The van der Waals surface area contributed by atoms with Crippen molar-refractivity contribution in [3.05, 3.63) is 12.3 Å². The zero-order valence-electron chi connectivity index (χ0n) is 11.4. The van der Waals surface area contributed by atoms with Gasteiger partial charge in [0.05, 0.1) is 6.10 Å². The lowest BCUT2D eigenvalue weighted by Gasteiger charge is -2.40. The Balaban J connectivity index is 2.99. The Labute approximate surface area is 116 Å². The number of hydrogen-bond donors (Lipinski definition) is 4. The number of nitrogens with one attached hydrogen (secondary N) is 1. The summed E-state index contributed by atoms with van der Waals surface area (Å²) in [7, 11) is 1.26. The quantitative estimate of drug-likeness (QED) is 0.493. The van der Waals surface area contributed by atoms with E-state index < -0.39 is 29.9 Å². The Hall–Kier alpha value is -1.48. The zero-order chi connectivity index (χ0) is 15.3. The van der Waals surface area contributed by atoms with Crippen LogP contribution in [0, 0.1) is 0 Å². The number of hydrogen-bond acceptors (Lipinski definition) is 6. The molecule has 0 fully saturated rings. The van der Waals surface area contributed by atoms with Gasteiger partial charge in [0.1, 0.15) is 5.60 Å². The molecule has 0 aliphatic carbocycles. The highest BCUT2D eigenvalue weighted by Gasteiger charge is 2.44. The Morgan fingerprint density at radius 3 is 2.75 bits per heavy atom. The number of aliphatic hydroxyl groups is 3. The van der Waals surface area contributed by atoms with Crippen LogP contribution in [-0.2, 0) is 9.53 Å². The van der Waals surface area contributed by atoms with Crippen molar-refractivity contribution in [1.29, 1.82) is 0 Å². The van der Waals surface area contributed by atoms with Crippen molar-refractivity contribution in [2.24, 2.45) is 0 Å². The molecule has 3 atom stereocenters. The number of amides is 3. The standard InChI is InChI=1S/C12H20N2O6/c1-12(19,8(16)5-7-15)10(20-2)14-6-3-4-9(17)13-11(14)18/h3,6,8,10,15-16,19H,4-5,7H2,1-2H3,(H,13,17,18)/t8-,10?,12?/m1/s1. The van der Waals surface area contributed by atoms with E-state index in [9.17, 15) is 19.8 Å². The molecule has 8 nitrogen and oxygen atoms in total. The fourth-order valence-electron chi connectivity index (χ4n) is 1.97. The van der Waals surface area contributed by atoms with E-state index >= 15 is 0 Å². The molecular weight excluding hydrogens is 268 g/mol. The number of nitrogens with zero attached hydrogens (tertiary/aromatic N) is 1. The molecule has 0 aromatic rings. The van der Waals surface area contributed by atoms with Gasteiger partial charge >= 0.3 is 6.03 Å². The second kappa shape index (κ2) is 6.80. The predicted molar refractivity (Wildman–Crippen MR) is 68.3 cm³/mol. The van der Waals surface area contributed by atoms with Gasteiger partial charge in [0.25, 0.3) is 0 Å². The van der Waals surface area contributed by atoms with Crippen LogP contribution in [0.3, 0.4) is 0 Å². The third-order valence-corrected chi connectivity index (χ3v) is 3.10. The smallest absolute Gasteiger partial charge is 0.330 e. The van der Waals surface area contributed by atoms with E-state index in [1.54, 1.807) is 0 Å². The number of urea groups is 1. The van der Waals surface area contributed by atoms with Gasteiger partial charge in [-0.1, -0.05) is 6.08 Å². The van der Waals surface area contributed by atoms with Crippen LogP contribution in [0.25, 0.3) is 0 Å². The summed E-state index contributed by atoms with van der Waals surface area (Å²) in [5.74, 6) is -0.473. The molecule has 4 N–H and O–H groups in total. The van der Waals surface area contributed by atoms with Gasteiger partial charge in [-0.05, 0) is 13.3 Å². The van der Waals surface area contributed by atoms with Crippen LogP contribution < -0.4 is 5.32 Å². The summed E-state index contributed by atoms with van der Waals surface area (Å²) in [6.45, 7) is 0.962. The molecule has 1 aliphatic heterocycles. The average Bonchev–Trinajstić information content (AvgIpc) is 2.52. The minimum Gasteiger partial charge on any atom is -0.396 e. The van der Waals surface area contributed by atoms with E-state index in [1.165, 1.54) is 26.3 Å². The molecule has 0 bridgehead atoms. The normalized spacial score (nSPS) is 21.9. The molecule has 0 saturated heterocycles. The highest BCUT2D eigenvalue weighted by Crippen LogP contribution is 2.24. The number of rotatable bonds is 6. The summed E-state index contributed by atoms with van der Waals surface area (Å²) in [6, 6.07) is -0.757. The maximum Gasteiger partial charge on any atom is 0.330 e. The predicted octanol–water partition coefficient (Wildman–Crippen LogP) is -1.09. The monoisotopic (exact) mass is 288 g/mol. The molecule has 8 heteroatoms. The molecule has 0 aromatic heterocycles. The topological polar surface area (TPSA) is 119 Å². The number of methoxy groups -OCH3 is 1. The largest absolute Gasteiger partial charge is 0.396 e. The first kappa shape index (κ1) is 16.6. The highest BCUT2D eigenvalue weighted by molar-refractivity contribution is 5.96. The van der Waals surface area contributed by atoms with Crippen molar-refractivity contribution < 1.29 is 29.6 Å². The summed E-state index contributed by atoms with van der Waals surface area (Å²) < 4.78 is 5.09. The average molecular weight is 288 g/mol. The summed E-state index contributed by atoms with van der Waals surface area (Å²) in [5, 5.41) is 31.2. The number of carbonyl (C=O) groups is 2. The van der Waals surface area contributed by atoms with E-state index in [1.807, 2.05) is 0 Å². The van der Waals surface area contributed by atoms with E-state index in [2.05, 4.69) is 5.32 Å². The van der Waals surface area contributed by atoms with Crippen molar-refractivity contribution in [3.63, 3.8) is 0 Å². The minimum absolute atomic E-state index is 0.0278. The third kappa shape index (κ3) is 3.54. The van der Waals surface area contributed by atoms with Crippen LogP contribution in [0.4, 0.5) is 4.79 Å². The summed E-state index contributed by atoms with van der Waals surface area (Å²) in [4.78, 5) is 24.1. The van der Waals surface area contributed by atoms with Crippen molar-refractivity contribution in [1.82, 2.24) is 10.2 Å². The van der Waals surface area contributed by atoms with Crippen molar-refractivity contribution in [2.75, 3.05) is 13.7 Å². The van der Waals surface area contributed by atoms with Gasteiger partial charge in [0, 0.05) is 26.3 Å². The van der Waals surface area contributed by atoms with Gasteiger partial charge in [0.2, 0.25) is 5.91 Å². The molecule has 1 rings (SSSR count). The second-order valence-corrected chi connectivity index (χ2v) is 4.69. The van der Waals surface area contributed by atoms with Gasteiger partial charge < -0.3 is 20.1 Å². The van der Waals surface area contributed by atoms with Gasteiger partial charge in [-0.2, -0.15) is 0 Å². The van der Waals surface area contributed by atoms with E-state index in [0.29, 0.717) is 0 Å². The molecule has 0 spiro atoms. The Kier molecular flexibility index (Phi) is 5.63. The molecule has 0 aromatic carbocycles. The van der Waals surface area contributed by atoms with Crippen LogP contribution in [0.15, 0.2) is 12.3 Å². The summed E-state index contributed by atoms with van der Waals surface area (Å²) in [6.07, 6.45) is 0.184. The van der Waals surface area contributed by atoms with Gasteiger partial charge in [-0.3, -0.25) is 15.0 Å². The second-order valence-electron chi connectivity index (χ2n) is 4.69. The first-order valence-corrected chi connectivity index (χ1v) is 6.17. The van der Waals surface area contributed by atoms with Crippen molar-refractivity contribution >= 4 is 11.9 Å². The van der Waals surface area contributed by atoms with Gasteiger partial charge in [-0.15, -0.1) is 0 Å². The lowest BCUT2D eigenvalue weighted by atomic mass is 9.94. The fourth-order valence-corrected chi connectivity index (χ4v) is 1.97. The summed E-state index contributed by atoms with van der Waals surface area (Å²) >= 11 is 0. The van der Waals surface area contributed by atoms with Gasteiger partial charge in [0.15, 0.2) is 6.23 Å². The van der Waals surface area contributed by atoms with Crippen molar-refractivity contribution in [3.8, 4) is 0 Å². The molecule has 3 amide bonds. The van der Waals surface area contributed by atoms with E-state index in [-0.39, 0.29) is 19.4 Å². The Morgan fingerprint density at radius 1 is 1.55 bits per heavy atom. The first-order chi connectivity index (χ1) is 9.34. The molecule has 2 unspecified atom stereocenters. The van der Waals surface area contributed by atoms with E-state index in [4.69, 9.17) is 9.84 Å².